The highest BCUT2D eigenvalue weighted by molar-refractivity contribution is 5.83. The summed E-state index contributed by atoms with van der Waals surface area (Å²) < 4.78 is 10.8. The number of carbonyl (C=O) groups excluding carboxylic acids is 2. The van der Waals surface area contributed by atoms with Crippen LogP contribution >= 0.6 is 0 Å². The molecule has 1 aliphatic heterocycles. The van der Waals surface area contributed by atoms with Gasteiger partial charge in [0.15, 0.2) is 6.10 Å². The summed E-state index contributed by atoms with van der Waals surface area (Å²) in [4.78, 5) is 27.0. The lowest BCUT2D eigenvalue weighted by molar-refractivity contribution is -0.146. The average molecular weight is 408 g/mol. The second-order valence-electron chi connectivity index (χ2n) is 8.57. The zero-order valence-corrected chi connectivity index (χ0v) is 17.7. The molecule has 2 amide bonds. The molecule has 29 heavy (non-hydrogen) atoms. The number of morpholine rings is 1. The SMILES string of the molecule is C[C@@H](CNc1ccc(O)cc1)NC(=O)OC(CC(C)(C)C)C(=O)N1CCOCC1. The Balaban J connectivity index is 1.88. The molecule has 2 rings (SSSR count). The molecule has 162 valence electrons. The number of nitrogens with one attached hydrogen (secondary N) is 2. The molecule has 0 bridgehead atoms. The lowest BCUT2D eigenvalue weighted by Crippen LogP contribution is -2.49. The standard InChI is InChI=1S/C21H33N3O5/c1-15(14-22-16-5-7-17(25)8-6-16)23-20(27)29-18(13-21(2,3)4)19(26)24-9-11-28-12-10-24/h5-8,15,18,22,25H,9-14H2,1-4H3,(H,23,27)/t15-,18?/m0/s1. The number of carbonyl (C=O) groups is 2. The third-order valence-electron chi connectivity index (χ3n) is 4.49. The molecule has 1 heterocycles. The summed E-state index contributed by atoms with van der Waals surface area (Å²) in [7, 11) is 0. The zero-order chi connectivity index (χ0) is 21.4. The van der Waals surface area contributed by atoms with Crippen LogP contribution in [0.2, 0.25) is 0 Å². The number of nitrogens with zero attached hydrogens (tertiary/aromatic N) is 1. The number of aromatic hydroxyl groups is 1. The van der Waals surface area contributed by atoms with E-state index >= 15 is 0 Å². The molecule has 0 aromatic heterocycles. The van der Waals surface area contributed by atoms with Crippen LogP contribution < -0.4 is 10.6 Å². The van der Waals surface area contributed by atoms with Crippen LogP contribution in [-0.4, -0.2) is 67.0 Å². The van der Waals surface area contributed by atoms with Gasteiger partial charge >= 0.3 is 6.09 Å². The Morgan fingerprint density at radius 1 is 1.21 bits per heavy atom. The molecule has 3 N–H and O–H groups in total. The first kappa shape index (κ1) is 22.8. The monoisotopic (exact) mass is 407 g/mol. The van der Waals surface area contributed by atoms with Gasteiger partial charge in [0.2, 0.25) is 0 Å². The van der Waals surface area contributed by atoms with Gasteiger partial charge in [-0.05, 0) is 43.0 Å². The van der Waals surface area contributed by atoms with Gasteiger partial charge in [-0.3, -0.25) is 4.79 Å². The van der Waals surface area contributed by atoms with Crippen molar-refractivity contribution in [3.63, 3.8) is 0 Å². The number of rotatable bonds is 7. The van der Waals surface area contributed by atoms with Crippen LogP contribution in [0.5, 0.6) is 5.75 Å². The number of anilines is 1. The fourth-order valence-electron chi connectivity index (χ4n) is 2.99. The third kappa shape index (κ3) is 8.19. The van der Waals surface area contributed by atoms with Gasteiger partial charge in [0.25, 0.3) is 5.91 Å². The van der Waals surface area contributed by atoms with E-state index in [0.29, 0.717) is 39.3 Å². The van der Waals surface area contributed by atoms with Gasteiger partial charge in [-0.2, -0.15) is 0 Å². The van der Waals surface area contributed by atoms with E-state index in [-0.39, 0.29) is 23.1 Å². The maximum atomic E-state index is 12.9. The van der Waals surface area contributed by atoms with E-state index < -0.39 is 12.2 Å². The summed E-state index contributed by atoms with van der Waals surface area (Å²) in [5.41, 5.74) is 0.664. The molecule has 1 aliphatic rings. The minimum absolute atomic E-state index is 0.168. The maximum Gasteiger partial charge on any atom is 0.408 e. The highest BCUT2D eigenvalue weighted by Crippen LogP contribution is 2.24. The molecular formula is C21H33N3O5. The zero-order valence-electron chi connectivity index (χ0n) is 17.7. The molecule has 8 nitrogen and oxygen atoms in total. The maximum absolute atomic E-state index is 12.9. The second-order valence-corrected chi connectivity index (χ2v) is 8.57. The van der Waals surface area contributed by atoms with E-state index in [0.717, 1.165) is 5.69 Å². The summed E-state index contributed by atoms with van der Waals surface area (Å²) >= 11 is 0. The van der Waals surface area contributed by atoms with Crippen LogP contribution in [-0.2, 0) is 14.3 Å². The summed E-state index contributed by atoms with van der Waals surface area (Å²) in [6.07, 6.45) is -0.997. The van der Waals surface area contributed by atoms with Gasteiger partial charge in [-0.1, -0.05) is 20.8 Å². The van der Waals surface area contributed by atoms with Gasteiger partial charge in [0, 0.05) is 31.4 Å². The van der Waals surface area contributed by atoms with E-state index in [1.165, 1.54) is 0 Å². The lowest BCUT2D eigenvalue weighted by Gasteiger charge is -2.32. The number of amides is 2. The summed E-state index contributed by atoms with van der Waals surface area (Å²) in [5.74, 6) is 0.0216. The van der Waals surface area contributed by atoms with Crippen molar-refractivity contribution in [2.75, 3.05) is 38.2 Å². The Hall–Kier alpha value is -2.48. The Bertz CT molecular complexity index is 666. The normalized spacial score (nSPS) is 16.6. The Morgan fingerprint density at radius 3 is 2.41 bits per heavy atom. The molecule has 0 saturated carbocycles. The van der Waals surface area contributed by atoms with E-state index in [1.54, 1.807) is 29.2 Å². The van der Waals surface area contributed by atoms with Crippen LogP contribution in [0, 0.1) is 5.41 Å². The van der Waals surface area contributed by atoms with Crippen molar-refractivity contribution in [2.45, 2.75) is 46.3 Å². The number of phenolic OH excluding ortho intramolecular Hbond substituents is 1. The van der Waals surface area contributed by atoms with Crippen LogP contribution in [0.1, 0.15) is 34.1 Å². The predicted octanol–water partition coefficient (Wildman–Crippen LogP) is 2.58. The first-order valence-electron chi connectivity index (χ1n) is 10.0. The number of alkyl carbamates (subject to hydrolysis) is 1. The first-order valence-corrected chi connectivity index (χ1v) is 10.0. The topological polar surface area (TPSA) is 100 Å². The van der Waals surface area contributed by atoms with Crippen LogP contribution in [0.3, 0.4) is 0 Å². The number of benzene rings is 1. The van der Waals surface area contributed by atoms with Gasteiger partial charge in [0.05, 0.1) is 13.2 Å². The van der Waals surface area contributed by atoms with Crippen molar-refractivity contribution < 1.29 is 24.2 Å². The van der Waals surface area contributed by atoms with Gasteiger partial charge in [-0.25, -0.2) is 4.79 Å². The highest BCUT2D eigenvalue weighted by atomic mass is 16.6. The highest BCUT2D eigenvalue weighted by Gasteiger charge is 2.32. The molecule has 0 radical (unpaired) electrons. The van der Waals surface area contributed by atoms with E-state index in [1.807, 2.05) is 27.7 Å². The van der Waals surface area contributed by atoms with Crippen molar-refractivity contribution in [3.8, 4) is 5.75 Å². The molecule has 1 saturated heterocycles. The first-order chi connectivity index (χ1) is 13.6. The van der Waals surface area contributed by atoms with Crippen molar-refractivity contribution in [1.29, 1.82) is 0 Å². The second kappa shape index (κ2) is 10.3. The predicted molar refractivity (Wildman–Crippen MR) is 111 cm³/mol. The van der Waals surface area contributed by atoms with Crippen molar-refractivity contribution in [3.05, 3.63) is 24.3 Å². The average Bonchev–Trinajstić information content (AvgIpc) is 2.66. The molecule has 1 aromatic carbocycles. The molecular weight excluding hydrogens is 374 g/mol. The molecule has 0 aliphatic carbocycles. The smallest absolute Gasteiger partial charge is 0.408 e. The molecule has 2 atom stereocenters. The quantitative estimate of drug-likeness (QED) is 0.601. The van der Waals surface area contributed by atoms with E-state index in [9.17, 15) is 14.7 Å². The van der Waals surface area contributed by atoms with Gasteiger partial charge in [0.1, 0.15) is 5.75 Å². The molecule has 1 aromatic rings. The number of phenols is 1. The van der Waals surface area contributed by atoms with Gasteiger partial charge < -0.3 is 30.1 Å². The molecule has 0 spiro atoms. The van der Waals surface area contributed by atoms with Crippen molar-refractivity contribution in [2.24, 2.45) is 5.41 Å². The van der Waals surface area contributed by atoms with Crippen molar-refractivity contribution in [1.82, 2.24) is 10.2 Å². The molecule has 1 fully saturated rings. The fourth-order valence-corrected chi connectivity index (χ4v) is 2.99. The summed E-state index contributed by atoms with van der Waals surface area (Å²) in [5, 5.41) is 15.3. The van der Waals surface area contributed by atoms with Crippen LogP contribution in [0.25, 0.3) is 0 Å². The van der Waals surface area contributed by atoms with E-state index in [4.69, 9.17) is 9.47 Å². The Morgan fingerprint density at radius 2 is 1.83 bits per heavy atom. The Labute approximate surface area is 172 Å². The summed E-state index contributed by atoms with van der Waals surface area (Å²) in [6.45, 7) is 10.4. The minimum Gasteiger partial charge on any atom is -0.508 e. The molecule has 1 unspecified atom stereocenters. The number of ether oxygens (including phenoxy) is 2. The summed E-state index contributed by atoms with van der Waals surface area (Å²) in [6, 6.07) is 6.46. The van der Waals surface area contributed by atoms with Gasteiger partial charge in [-0.15, -0.1) is 0 Å². The fraction of sp³-hybridized carbons (Fsp3) is 0.619. The van der Waals surface area contributed by atoms with Crippen molar-refractivity contribution >= 4 is 17.7 Å². The Kier molecular flexibility index (Phi) is 8.13. The number of hydrogen-bond donors (Lipinski definition) is 3. The lowest BCUT2D eigenvalue weighted by atomic mass is 9.88. The molecule has 8 heteroatoms. The minimum atomic E-state index is -0.828. The van der Waals surface area contributed by atoms with E-state index in [2.05, 4.69) is 10.6 Å². The number of hydrogen-bond acceptors (Lipinski definition) is 6. The van der Waals surface area contributed by atoms with Crippen LogP contribution in [0.15, 0.2) is 24.3 Å². The third-order valence-corrected chi connectivity index (χ3v) is 4.49. The largest absolute Gasteiger partial charge is 0.508 e. The van der Waals surface area contributed by atoms with Crippen LogP contribution in [0.4, 0.5) is 10.5 Å².